The molecule has 0 unspecified atom stereocenters. The summed E-state index contributed by atoms with van der Waals surface area (Å²) in [4.78, 5) is 29.4. The van der Waals surface area contributed by atoms with Gasteiger partial charge in [0.2, 0.25) is 0 Å². The number of nitrogens with one attached hydrogen (secondary N) is 2. The van der Waals surface area contributed by atoms with Crippen LogP contribution in [0.4, 0.5) is 10.2 Å². The number of aromatic nitrogens is 4. The van der Waals surface area contributed by atoms with Crippen molar-refractivity contribution in [3.8, 4) is 17.0 Å². The zero-order valence-electron chi connectivity index (χ0n) is 20.0. The van der Waals surface area contributed by atoms with Crippen LogP contribution in [-0.4, -0.2) is 51.7 Å². The standard InChI is InChI=1S/C25H25FN6O3.H2S/c1-14(16-4-5-18(26)23-17(25(34)27-2)6-7-28-24(16)23)10-30-22-9-19(31-13-32-22)15-8-21(35-3)20(12-33)29-11-15;/h4-9,11,13-14,33H,10,12H2,1-3H3,(H,27,34)(H,30,31,32);1H2/t14-;/m1./s1. The van der Waals surface area contributed by atoms with Gasteiger partial charge in [-0.2, -0.15) is 13.5 Å². The van der Waals surface area contributed by atoms with Gasteiger partial charge >= 0.3 is 0 Å². The van der Waals surface area contributed by atoms with Gasteiger partial charge in [-0.15, -0.1) is 0 Å². The highest BCUT2D eigenvalue weighted by molar-refractivity contribution is 7.59. The number of benzene rings is 1. The Bertz CT molecular complexity index is 1390. The molecule has 1 amide bonds. The Hall–Kier alpha value is -3.83. The van der Waals surface area contributed by atoms with Crippen LogP contribution < -0.4 is 15.4 Å². The molecule has 0 spiro atoms. The van der Waals surface area contributed by atoms with Gasteiger partial charge in [0.05, 0.1) is 30.5 Å². The molecular formula is C25H27FN6O3S. The summed E-state index contributed by atoms with van der Waals surface area (Å²) in [6.45, 7) is 2.24. The van der Waals surface area contributed by atoms with E-state index in [1.165, 1.54) is 38.8 Å². The lowest BCUT2D eigenvalue weighted by atomic mass is 9.95. The number of rotatable bonds is 8. The maximum absolute atomic E-state index is 14.7. The van der Waals surface area contributed by atoms with E-state index in [0.29, 0.717) is 40.6 Å². The van der Waals surface area contributed by atoms with Crippen LogP contribution in [0.5, 0.6) is 5.75 Å². The van der Waals surface area contributed by atoms with Crippen LogP contribution in [0.25, 0.3) is 22.2 Å². The molecule has 3 N–H and O–H groups in total. The summed E-state index contributed by atoms with van der Waals surface area (Å²) < 4.78 is 20.0. The number of halogens is 1. The summed E-state index contributed by atoms with van der Waals surface area (Å²) in [5.74, 6) is 0.128. The number of aliphatic hydroxyl groups is 1. The number of methoxy groups -OCH3 is 1. The second kappa shape index (κ2) is 11.7. The van der Waals surface area contributed by atoms with Gasteiger partial charge in [-0.3, -0.25) is 14.8 Å². The zero-order chi connectivity index (χ0) is 24.9. The van der Waals surface area contributed by atoms with Gasteiger partial charge in [-0.25, -0.2) is 14.4 Å². The highest BCUT2D eigenvalue weighted by Crippen LogP contribution is 2.29. The molecule has 188 valence electrons. The number of carbonyl (C=O) groups excluding carboxylic acids is 1. The molecule has 36 heavy (non-hydrogen) atoms. The molecule has 3 aromatic heterocycles. The first kappa shape index (κ1) is 26.8. The lowest BCUT2D eigenvalue weighted by molar-refractivity contribution is 0.0964. The fraction of sp³-hybridized carbons (Fsp3) is 0.240. The van der Waals surface area contributed by atoms with E-state index in [1.54, 1.807) is 24.4 Å². The van der Waals surface area contributed by atoms with Gasteiger partial charge in [0.15, 0.2) is 0 Å². The monoisotopic (exact) mass is 510 g/mol. The first-order valence-corrected chi connectivity index (χ1v) is 11.0. The van der Waals surface area contributed by atoms with Gasteiger partial charge in [-0.05, 0) is 23.8 Å². The van der Waals surface area contributed by atoms with Crippen molar-refractivity contribution < 1.29 is 19.0 Å². The van der Waals surface area contributed by atoms with Gasteiger partial charge in [0.1, 0.15) is 29.4 Å². The Morgan fingerprint density at radius 3 is 2.69 bits per heavy atom. The first-order chi connectivity index (χ1) is 17.0. The predicted octanol–water partition coefficient (Wildman–Crippen LogP) is 3.41. The topological polar surface area (TPSA) is 122 Å². The summed E-state index contributed by atoms with van der Waals surface area (Å²) in [7, 11) is 3.02. The molecule has 0 saturated heterocycles. The summed E-state index contributed by atoms with van der Waals surface area (Å²) in [5, 5.41) is 15.4. The number of aliphatic hydroxyl groups excluding tert-OH is 1. The SMILES string of the molecule is CNC(=O)c1ccnc2c([C@H](C)CNc3cc(-c4cnc(CO)c(OC)c4)ncn3)ccc(F)c12.S. The molecule has 3 heterocycles. The van der Waals surface area contributed by atoms with Crippen LogP contribution in [0.15, 0.2) is 49.1 Å². The molecule has 4 rings (SSSR count). The molecule has 0 aliphatic heterocycles. The number of fused-ring (bicyclic) bond motifs is 1. The average Bonchev–Trinajstić information content (AvgIpc) is 2.90. The maximum Gasteiger partial charge on any atom is 0.251 e. The van der Waals surface area contributed by atoms with E-state index in [0.717, 1.165) is 5.56 Å². The summed E-state index contributed by atoms with van der Waals surface area (Å²) >= 11 is 0. The van der Waals surface area contributed by atoms with Crippen LogP contribution in [0.1, 0.15) is 34.5 Å². The third-order valence-electron chi connectivity index (χ3n) is 5.73. The van der Waals surface area contributed by atoms with E-state index in [4.69, 9.17) is 4.74 Å². The Morgan fingerprint density at radius 1 is 1.17 bits per heavy atom. The normalized spacial score (nSPS) is 11.5. The van der Waals surface area contributed by atoms with Crippen molar-refractivity contribution in [3.05, 3.63) is 71.7 Å². The number of amides is 1. The number of hydrogen-bond acceptors (Lipinski definition) is 8. The van der Waals surface area contributed by atoms with Gasteiger partial charge in [0.25, 0.3) is 5.91 Å². The first-order valence-electron chi connectivity index (χ1n) is 11.0. The summed E-state index contributed by atoms with van der Waals surface area (Å²) in [6, 6.07) is 8.11. The molecule has 11 heteroatoms. The number of carbonyl (C=O) groups is 1. The molecule has 0 saturated carbocycles. The van der Waals surface area contributed by atoms with Crippen molar-refractivity contribution in [3.63, 3.8) is 0 Å². The second-order valence-corrected chi connectivity index (χ2v) is 7.90. The second-order valence-electron chi connectivity index (χ2n) is 7.90. The molecule has 0 fully saturated rings. The largest absolute Gasteiger partial charge is 0.495 e. The van der Waals surface area contributed by atoms with Gasteiger partial charge in [0, 0.05) is 48.9 Å². The average molecular weight is 511 g/mol. The van der Waals surface area contributed by atoms with E-state index in [9.17, 15) is 14.3 Å². The number of ether oxygens (including phenoxy) is 1. The molecule has 9 nitrogen and oxygen atoms in total. The van der Waals surface area contributed by atoms with Crippen LogP contribution in [0.2, 0.25) is 0 Å². The fourth-order valence-electron chi connectivity index (χ4n) is 3.86. The van der Waals surface area contributed by atoms with Crippen molar-refractivity contribution in [1.29, 1.82) is 0 Å². The minimum Gasteiger partial charge on any atom is -0.495 e. The molecule has 4 aromatic rings. The molecule has 1 aromatic carbocycles. The van der Waals surface area contributed by atoms with Crippen molar-refractivity contribution in [1.82, 2.24) is 25.3 Å². The lowest BCUT2D eigenvalue weighted by Crippen LogP contribution is -2.19. The zero-order valence-corrected chi connectivity index (χ0v) is 21.0. The highest BCUT2D eigenvalue weighted by atomic mass is 32.1. The number of anilines is 1. The van der Waals surface area contributed by atoms with Crippen molar-refractivity contribution in [2.75, 3.05) is 26.0 Å². The van der Waals surface area contributed by atoms with Crippen LogP contribution in [0.3, 0.4) is 0 Å². The highest BCUT2D eigenvalue weighted by Gasteiger charge is 2.19. The third-order valence-corrected chi connectivity index (χ3v) is 5.73. The molecule has 0 radical (unpaired) electrons. The molecule has 0 aliphatic rings. The Balaban J connectivity index is 0.00000361. The Morgan fingerprint density at radius 2 is 1.97 bits per heavy atom. The number of nitrogens with zero attached hydrogens (tertiary/aromatic N) is 4. The smallest absolute Gasteiger partial charge is 0.251 e. The number of hydrogen-bond donors (Lipinski definition) is 3. The third kappa shape index (κ3) is 5.37. The van der Waals surface area contributed by atoms with Crippen LogP contribution in [-0.2, 0) is 6.61 Å². The van der Waals surface area contributed by atoms with E-state index >= 15 is 0 Å². The summed E-state index contributed by atoms with van der Waals surface area (Å²) in [5.41, 5.74) is 3.29. The molecule has 1 atom stereocenters. The lowest BCUT2D eigenvalue weighted by Gasteiger charge is -2.17. The maximum atomic E-state index is 14.7. The molecule has 0 bridgehead atoms. The number of pyridine rings is 2. The Kier molecular flexibility index (Phi) is 8.73. The van der Waals surface area contributed by atoms with Gasteiger partial charge in [-0.1, -0.05) is 13.0 Å². The quantitative estimate of drug-likeness (QED) is 0.330. The van der Waals surface area contributed by atoms with E-state index < -0.39 is 5.82 Å². The van der Waals surface area contributed by atoms with E-state index in [-0.39, 0.29) is 42.9 Å². The summed E-state index contributed by atoms with van der Waals surface area (Å²) in [6.07, 6.45) is 4.57. The van der Waals surface area contributed by atoms with Crippen LogP contribution >= 0.6 is 13.5 Å². The molecule has 0 aliphatic carbocycles. The molecular weight excluding hydrogens is 483 g/mol. The van der Waals surface area contributed by atoms with E-state index in [1.807, 2.05) is 6.92 Å². The minimum atomic E-state index is -0.493. The van der Waals surface area contributed by atoms with E-state index in [2.05, 4.69) is 30.6 Å². The Labute approximate surface area is 214 Å². The van der Waals surface area contributed by atoms with Crippen molar-refractivity contribution >= 4 is 36.1 Å². The van der Waals surface area contributed by atoms with Crippen LogP contribution in [0, 0.1) is 5.82 Å². The van der Waals surface area contributed by atoms with Gasteiger partial charge < -0.3 is 20.5 Å². The predicted molar refractivity (Wildman–Crippen MR) is 140 cm³/mol. The minimum absolute atomic E-state index is 0. The fourth-order valence-corrected chi connectivity index (χ4v) is 3.86. The van der Waals surface area contributed by atoms with Crippen molar-refractivity contribution in [2.45, 2.75) is 19.4 Å². The van der Waals surface area contributed by atoms with Crippen molar-refractivity contribution in [2.24, 2.45) is 0 Å².